The van der Waals surface area contributed by atoms with Gasteiger partial charge in [-0.3, -0.25) is 4.90 Å². The van der Waals surface area contributed by atoms with Crippen molar-refractivity contribution in [1.82, 2.24) is 4.90 Å². The number of ether oxygens (including phenoxy) is 1. The molecule has 1 N–H and O–H groups in total. The third kappa shape index (κ3) is 3.48. The topological polar surface area (TPSA) is 24.5 Å². The summed E-state index contributed by atoms with van der Waals surface area (Å²) in [6.07, 6.45) is -0.177. The van der Waals surface area contributed by atoms with Crippen LogP contribution in [-0.2, 0) is 12.6 Å². The second-order valence-corrected chi connectivity index (χ2v) is 5.93. The lowest BCUT2D eigenvalue weighted by Crippen LogP contribution is -2.33. The van der Waals surface area contributed by atoms with Crippen LogP contribution >= 0.6 is 0 Å². The highest BCUT2D eigenvalue weighted by Gasteiger charge is 2.36. The van der Waals surface area contributed by atoms with E-state index in [4.69, 9.17) is 4.74 Å². The van der Waals surface area contributed by atoms with Crippen LogP contribution in [0, 0.1) is 0 Å². The second kappa shape index (κ2) is 6.36. The van der Waals surface area contributed by atoms with E-state index < -0.39 is 11.7 Å². The lowest BCUT2D eigenvalue weighted by molar-refractivity contribution is -0.139. The van der Waals surface area contributed by atoms with Gasteiger partial charge in [0, 0.05) is 24.8 Å². The highest BCUT2D eigenvalue weighted by molar-refractivity contribution is 5.61. The van der Waals surface area contributed by atoms with Crippen molar-refractivity contribution in [1.29, 1.82) is 0 Å². The number of nitrogens with zero attached hydrogens (tertiary/aromatic N) is 1. The molecule has 1 saturated heterocycles. The molecule has 3 nitrogen and oxygen atoms in total. The molecule has 0 aliphatic carbocycles. The Morgan fingerprint density at radius 1 is 1.14 bits per heavy atom. The van der Waals surface area contributed by atoms with Gasteiger partial charge in [-0.1, -0.05) is 6.42 Å². The van der Waals surface area contributed by atoms with Gasteiger partial charge < -0.3 is 10.1 Å². The molecule has 2 aliphatic heterocycles. The maximum atomic E-state index is 13.2. The maximum absolute atomic E-state index is 13.2. The van der Waals surface area contributed by atoms with Gasteiger partial charge in [0.2, 0.25) is 0 Å². The van der Waals surface area contributed by atoms with Crippen LogP contribution in [0.3, 0.4) is 0 Å². The number of halogens is 3. The zero-order chi connectivity index (χ0) is 15.6. The average molecular weight is 314 g/mol. The van der Waals surface area contributed by atoms with Crippen LogP contribution in [0.5, 0.6) is 5.75 Å². The molecule has 0 saturated carbocycles. The summed E-state index contributed by atoms with van der Waals surface area (Å²) >= 11 is 0. The molecule has 0 atom stereocenters. The molecular weight excluding hydrogens is 293 g/mol. The molecule has 0 unspecified atom stereocenters. The Labute approximate surface area is 128 Å². The van der Waals surface area contributed by atoms with E-state index in [2.05, 4.69) is 10.2 Å². The van der Waals surface area contributed by atoms with Crippen LogP contribution < -0.4 is 10.1 Å². The number of benzene rings is 1. The Hall–Kier alpha value is -1.43. The highest BCUT2D eigenvalue weighted by Crippen LogP contribution is 2.40. The van der Waals surface area contributed by atoms with Crippen LogP contribution in [0.4, 0.5) is 18.9 Å². The van der Waals surface area contributed by atoms with Gasteiger partial charge in [0.15, 0.2) is 0 Å². The Bertz CT molecular complexity index is 525. The molecule has 3 rings (SSSR count). The number of nitrogens with one attached hydrogen (secondary N) is 1. The zero-order valence-corrected chi connectivity index (χ0v) is 12.5. The van der Waals surface area contributed by atoms with E-state index in [1.807, 2.05) is 0 Å². The summed E-state index contributed by atoms with van der Waals surface area (Å²) in [4.78, 5) is 2.25. The lowest BCUT2D eigenvalue weighted by atomic mass is 10.1. The van der Waals surface area contributed by atoms with Gasteiger partial charge in [0.1, 0.15) is 12.4 Å². The number of piperidine rings is 1. The largest absolute Gasteiger partial charge is 0.492 e. The molecule has 22 heavy (non-hydrogen) atoms. The number of likely N-dealkylation sites (tertiary alicyclic amines) is 1. The van der Waals surface area contributed by atoms with Crippen molar-refractivity contribution in [3.63, 3.8) is 0 Å². The molecule has 0 spiro atoms. The standard InChI is InChI=1S/C16H21F3N2O/c17-16(18,19)13-10-12-4-5-20-14(12)11-15(13)22-9-8-21-6-2-1-3-7-21/h10-11,20H,1-9H2. The first kappa shape index (κ1) is 15.5. The summed E-state index contributed by atoms with van der Waals surface area (Å²) in [6, 6.07) is 2.73. The van der Waals surface area contributed by atoms with Crippen molar-refractivity contribution in [2.45, 2.75) is 31.9 Å². The van der Waals surface area contributed by atoms with Gasteiger partial charge >= 0.3 is 6.18 Å². The van der Waals surface area contributed by atoms with Gasteiger partial charge in [0.05, 0.1) is 5.56 Å². The molecule has 1 aromatic carbocycles. The number of fused-ring (bicyclic) bond motifs is 1. The molecule has 6 heteroatoms. The molecule has 0 amide bonds. The molecule has 1 fully saturated rings. The normalized spacial score (nSPS) is 18.9. The predicted octanol–water partition coefficient (Wildman–Crippen LogP) is 3.54. The van der Waals surface area contributed by atoms with E-state index in [0.29, 0.717) is 26.1 Å². The van der Waals surface area contributed by atoms with E-state index in [0.717, 1.165) is 37.2 Å². The van der Waals surface area contributed by atoms with E-state index >= 15 is 0 Å². The molecule has 2 aliphatic rings. The number of alkyl halides is 3. The molecule has 0 radical (unpaired) electrons. The van der Waals surface area contributed by atoms with Gasteiger partial charge in [-0.05, 0) is 44.0 Å². The van der Waals surface area contributed by atoms with Crippen LogP contribution in [-0.4, -0.2) is 37.7 Å². The van der Waals surface area contributed by atoms with Gasteiger partial charge in [-0.25, -0.2) is 0 Å². The summed E-state index contributed by atoms with van der Waals surface area (Å²) in [7, 11) is 0. The summed E-state index contributed by atoms with van der Waals surface area (Å²) in [5, 5.41) is 3.10. The van der Waals surface area contributed by atoms with Crippen molar-refractivity contribution in [3.05, 3.63) is 23.3 Å². The molecule has 0 bridgehead atoms. The van der Waals surface area contributed by atoms with Gasteiger partial charge in [-0.2, -0.15) is 13.2 Å². The van der Waals surface area contributed by atoms with Crippen molar-refractivity contribution < 1.29 is 17.9 Å². The number of hydrogen-bond acceptors (Lipinski definition) is 3. The van der Waals surface area contributed by atoms with Crippen molar-refractivity contribution in [2.24, 2.45) is 0 Å². The Kier molecular flexibility index (Phi) is 4.47. The maximum Gasteiger partial charge on any atom is 0.419 e. The van der Waals surface area contributed by atoms with E-state index in [1.165, 1.54) is 18.6 Å². The minimum Gasteiger partial charge on any atom is -0.492 e. The van der Waals surface area contributed by atoms with E-state index in [-0.39, 0.29) is 5.75 Å². The van der Waals surface area contributed by atoms with Gasteiger partial charge in [-0.15, -0.1) is 0 Å². The average Bonchev–Trinajstić information content (AvgIpc) is 2.94. The summed E-state index contributed by atoms with van der Waals surface area (Å²) < 4.78 is 45.1. The molecular formula is C16H21F3N2O. The Morgan fingerprint density at radius 2 is 1.91 bits per heavy atom. The van der Waals surface area contributed by atoms with Crippen molar-refractivity contribution in [3.8, 4) is 5.75 Å². The smallest absolute Gasteiger partial charge is 0.419 e. The highest BCUT2D eigenvalue weighted by atomic mass is 19.4. The first-order chi connectivity index (χ1) is 10.5. The second-order valence-electron chi connectivity index (χ2n) is 5.93. The number of rotatable bonds is 4. The minimum atomic E-state index is -4.38. The monoisotopic (exact) mass is 314 g/mol. The molecule has 122 valence electrons. The van der Waals surface area contributed by atoms with Crippen molar-refractivity contribution >= 4 is 5.69 Å². The van der Waals surface area contributed by atoms with E-state index in [1.54, 1.807) is 0 Å². The minimum absolute atomic E-state index is 0.0577. The SMILES string of the molecule is FC(F)(F)c1cc2c(cc1OCCN1CCCCC1)NCC2. The molecule has 2 heterocycles. The lowest BCUT2D eigenvalue weighted by Gasteiger charge is -2.26. The third-order valence-corrected chi connectivity index (χ3v) is 4.33. The predicted molar refractivity (Wildman–Crippen MR) is 79.4 cm³/mol. The Balaban J connectivity index is 1.69. The number of hydrogen-bond donors (Lipinski definition) is 1. The van der Waals surface area contributed by atoms with E-state index in [9.17, 15) is 13.2 Å². The quantitative estimate of drug-likeness (QED) is 0.920. The number of anilines is 1. The fourth-order valence-electron chi connectivity index (χ4n) is 3.14. The Morgan fingerprint density at radius 3 is 2.64 bits per heavy atom. The fourth-order valence-corrected chi connectivity index (χ4v) is 3.14. The summed E-state index contributed by atoms with van der Waals surface area (Å²) in [5.41, 5.74) is 0.824. The summed E-state index contributed by atoms with van der Waals surface area (Å²) in [5.74, 6) is -0.0577. The van der Waals surface area contributed by atoms with Crippen LogP contribution in [0.25, 0.3) is 0 Å². The van der Waals surface area contributed by atoms with Crippen LogP contribution in [0.15, 0.2) is 12.1 Å². The zero-order valence-electron chi connectivity index (χ0n) is 12.5. The van der Waals surface area contributed by atoms with Crippen molar-refractivity contribution in [2.75, 3.05) is 38.1 Å². The first-order valence-corrected chi connectivity index (χ1v) is 7.87. The summed E-state index contributed by atoms with van der Waals surface area (Å²) in [6.45, 7) is 3.69. The van der Waals surface area contributed by atoms with Gasteiger partial charge in [0.25, 0.3) is 0 Å². The first-order valence-electron chi connectivity index (χ1n) is 7.87. The third-order valence-electron chi connectivity index (χ3n) is 4.33. The molecule has 1 aromatic rings. The molecule has 0 aromatic heterocycles. The van der Waals surface area contributed by atoms with Crippen LogP contribution in [0.1, 0.15) is 30.4 Å². The fraction of sp³-hybridized carbons (Fsp3) is 0.625. The van der Waals surface area contributed by atoms with Crippen LogP contribution in [0.2, 0.25) is 0 Å².